The Morgan fingerprint density at radius 3 is 2.85 bits per heavy atom. The molecule has 5 heteroatoms. The molecule has 1 aliphatic carbocycles. The summed E-state index contributed by atoms with van der Waals surface area (Å²) < 4.78 is 0. The van der Waals surface area contributed by atoms with E-state index in [4.69, 9.17) is 5.11 Å². The van der Waals surface area contributed by atoms with Gasteiger partial charge in [0.15, 0.2) is 0 Å². The van der Waals surface area contributed by atoms with Crippen LogP contribution in [0.2, 0.25) is 0 Å². The molecule has 1 heterocycles. The number of anilines is 1. The Kier molecular flexibility index (Phi) is 3.26. The standard InChI is InChI=1S/C15H17N3O2/c1-18(8-10-3-2-4-10)14-12-6-5-11(15(19)20)7-13(12)16-9-17-14/h5-7,9-10H,2-4,8H2,1H3,(H,19,20). The van der Waals surface area contributed by atoms with Crippen LogP contribution in [0, 0.1) is 5.92 Å². The van der Waals surface area contributed by atoms with Crippen LogP contribution >= 0.6 is 0 Å². The lowest BCUT2D eigenvalue weighted by atomic mass is 9.85. The Labute approximate surface area is 117 Å². The number of rotatable bonds is 4. The van der Waals surface area contributed by atoms with E-state index >= 15 is 0 Å². The van der Waals surface area contributed by atoms with Gasteiger partial charge in [0.05, 0.1) is 11.1 Å². The monoisotopic (exact) mass is 271 g/mol. The second-order valence-corrected chi connectivity index (χ2v) is 5.41. The molecule has 0 saturated heterocycles. The van der Waals surface area contributed by atoms with Crippen molar-refractivity contribution in [3.05, 3.63) is 30.1 Å². The second-order valence-electron chi connectivity index (χ2n) is 5.41. The number of hydrogen-bond donors (Lipinski definition) is 1. The van der Waals surface area contributed by atoms with E-state index in [9.17, 15) is 4.79 Å². The quantitative estimate of drug-likeness (QED) is 0.925. The van der Waals surface area contributed by atoms with Crippen LogP contribution in [0.4, 0.5) is 5.82 Å². The second kappa shape index (κ2) is 5.07. The van der Waals surface area contributed by atoms with Crippen LogP contribution < -0.4 is 4.90 Å². The highest BCUT2D eigenvalue weighted by molar-refractivity contribution is 5.96. The Morgan fingerprint density at radius 1 is 1.40 bits per heavy atom. The number of carboxylic acids is 1. The van der Waals surface area contributed by atoms with Gasteiger partial charge in [-0.1, -0.05) is 6.42 Å². The summed E-state index contributed by atoms with van der Waals surface area (Å²) in [6.45, 7) is 0.993. The van der Waals surface area contributed by atoms with Crippen LogP contribution in [0.5, 0.6) is 0 Å². The van der Waals surface area contributed by atoms with E-state index in [1.165, 1.54) is 25.6 Å². The molecule has 0 radical (unpaired) electrons. The Hall–Kier alpha value is -2.17. The summed E-state index contributed by atoms with van der Waals surface area (Å²) in [6, 6.07) is 5.00. The normalized spacial score (nSPS) is 15.1. The van der Waals surface area contributed by atoms with E-state index < -0.39 is 5.97 Å². The predicted molar refractivity (Wildman–Crippen MR) is 77.1 cm³/mol. The molecule has 1 N–H and O–H groups in total. The van der Waals surface area contributed by atoms with Crippen LogP contribution in [0.25, 0.3) is 10.9 Å². The average molecular weight is 271 g/mol. The molecule has 0 bridgehead atoms. The van der Waals surface area contributed by atoms with Crippen LogP contribution in [0.15, 0.2) is 24.5 Å². The molecule has 1 fully saturated rings. The molecule has 0 aliphatic heterocycles. The lowest BCUT2D eigenvalue weighted by Gasteiger charge is -2.31. The summed E-state index contributed by atoms with van der Waals surface area (Å²) in [6.07, 6.45) is 5.40. The van der Waals surface area contributed by atoms with E-state index in [-0.39, 0.29) is 5.56 Å². The number of hydrogen-bond acceptors (Lipinski definition) is 4. The minimum Gasteiger partial charge on any atom is -0.478 e. The van der Waals surface area contributed by atoms with Gasteiger partial charge in [-0.25, -0.2) is 14.8 Å². The third-order valence-electron chi connectivity index (χ3n) is 3.98. The number of fused-ring (bicyclic) bond motifs is 1. The molecule has 0 spiro atoms. The highest BCUT2D eigenvalue weighted by Gasteiger charge is 2.20. The molecule has 20 heavy (non-hydrogen) atoms. The lowest BCUT2D eigenvalue weighted by molar-refractivity contribution is 0.0697. The van der Waals surface area contributed by atoms with E-state index in [1.807, 2.05) is 7.05 Å². The van der Waals surface area contributed by atoms with Crippen LogP contribution in [0.1, 0.15) is 29.6 Å². The minimum absolute atomic E-state index is 0.254. The first-order chi connectivity index (χ1) is 9.65. The maximum atomic E-state index is 11.0. The van der Waals surface area contributed by atoms with Crippen molar-refractivity contribution in [2.24, 2.45) is 5.92 Å². The predicted octanol–water partition coefficient (Wildman–Crippen LogP) is 2.56. The highest BCUT2D eigenvalue weighted by atomic mass is 16.4. The van der Waals surface area contributed by atoms with Gasteiger partial charge in [-0.2, -0.15) is 0 Å². The van der Waals surface area contributed by atoms with Crippen molar-refractivity contribution in [3.8, 4) is 0 Å². The number of nitrogens with zero attached hydrogens (tertiary/aromatic N) is 3. The van der Waals surface area contributed by atoms with Crippen molar-refractivity contribution in [2.45, 2.75) is 19.3 Å². The first-order valence-electron chi connectivity index (χ1n) is 6.84. The topological polar surface area (TPSA) is 66.3 Å². The molecule has 3 rings (SSSR count). The molecule has 1 saturated carbocycles. The van der Waals surface area contributed by atoms with Gasteiger partial charge in [0.2, 0.25) is 0 Å². The van der Waals surface area contributed by atoms with Crippen molar-refractivity contribution < 1.29 is 9.90 Å². The van der Waals surface area contributed by atoms with Crippen LogP contribution in [-0.2, 0) is 0 Å². The molecule has 0 unspecified atom stereocenters. The molecule has 1 aliphatic rings. The first kappa shape index (κ1) is 12.8. The molecule has 0 atom stereocenters. The van der Waals surface area contributed by atoms with Crippen molar-refractivity contribution in [2.75, 3.05) is 18.5 Å². The summed E-state index contributed by atoms with van der Waals surface area (Å²) in [5.41, 5.74) is 0.930. The maximum Gasteiger partial charge on any atom is 0.335 e. The Balaban J connectivity index is 1.95. The van der Waals surface area contributed by atoms with Gasteiger partial charge in [0.1, 0.15) is 12.1 Å². The van der Waals surface area contributed by atoms with Gasteiger partial charge >= 0.3 is 5.97 Å². The number of aromatic carboxylic acids is 1. The van der Waals surface area contributed by atoms with Gasteiger partial charge in [0.25, 0.3) is 0 Å². The van der Waals surface area contributed by atoms with E-state index in [1.54, 1.807) is 18.2 Å². The molecule has 0 amide bonds. The third kappa shape index (κ3) is 2.31. The number of benzene rings is 1. The largest absolute Gasteiger partial charge is 0.478 e. The third-order valence-corrected chi connectivity index (χ3v) is 3.98. The molecule has 2 aromatic rings. The van der Waals surface area contributed by atoms with Gasteiger partial charge < -0.3 is 10.0 Å². The van der Waals surface area contributed by atoms with Gasteiger partial charge in [-0.15, -0.1) is 0 Å². The summed E-state index contributed by atoms with van der Waals surface area (Å²) in [5.74, 6) is 0.692. The number of aromatic nitrogens is 2. The molecular weight excluding hydrogens is 254 g/mol. The lowest BCUT2D eigenvalue weighted by Crippen LogP contribution is -2.30. The zero-order valence-electron chi connectivity index (χ0n) is 11.4. The first-order valence-corrected chi connectivity index (χ1v) is 6.84. The number of carbonyl (C=O) groups is 1. The van der Waals surface area contributed by atoms with Gasteiger partial charge in [0, 0.05) is 19.0 Å². The van der Waals surface area contributed by atoms with Crippen molar-refractivity contribution in [1.82, 2.24) is 9.97 Å². The van der Waals surface area contributed by atoms with Gasteiger partial charge in [-0.05, 0) is 37.0 Å². The molecule has 5 nitrogen and oxygen atoms in total. The fourth-order valence-electron chi connectivity index (χ4n) is 2.63. The summed E-state index contributed by atoms with van der Waals surface area (Å²) >= 11 is 0. The van der Waals surface area contributed by atoms with E-state index in [0.29, 0.717) is 5.52 Å². The summed E-state index contributed by atoms with van der Waals surface area (Å²) in [7, 11) is 2.03. The van der Waals surface area contributed by atoms with Crippen molar-refractivity contribution in [3.63, 3.8) is 0 Å². The highest BCUT2D eigenvalue weighted by Crippen LogP contribution is 2.30. The maximum absolute atomic E-state index is 11.0. The number of carboxylic acid groups (broad SMARTS) is 1. The van der Waals surface area contributed by atoms with Crippen molar-refractivity contribution >= 4 is 22.7 Å². The molecule has 1 aromatic heterocycles. The Bertz CT molecular complexity index is 653. The molecular formula is C15H17N3O2. The summed E-state index contributed by atoms with van der Waals surface area (Å²) in [4.78, 5) is 21.7. The van der Waals surface area contributed by atoms with Crippen LogP contribution in [-0.4, -0.2) is 34.6 Å². The smallest absolute Gasteiger partial charge is 0.335 e. The molecule has 104 valence electrons. The fraction of sp³-hybridized carbons (Fsp3) is 0.400. The SMILES string of the molecule is CN(CC1CCC1)c1ncnc2cc(C(=O)O)ccc12. The summed E-state index contributed by atoms with van der Waals surface area (Å²) in [5, 5.41) is 9.93. The van der Waals surface area contributed by atoms with E-state index in [2.05, 4.69) is 14.9 Å². The zero-order valence-corrected chi connectivity index (χ0v) is 11.4. The van der Waals surface area contributed by atoms with Gasteiger partial charge in [-0.3, -0.25) is 0 Å². The van der Waals surface area contributed by atoms with Crippen molar-refractivity contribution in [1.29, 1.82) is 0 Å². The van der Waals surface area contributed by atoms with Crippen LogP contribution in [0.3, 0.4) is 0 Å². The Morgan fingerprint density at radius 2 is 2.20 bits per heavy atom. The zero-order chi connectivity index (χ0) is 14.1. The van der Waals surface area contributed by atoms with E-state index in [0.717, 1.165) is 23.7 Å². The average Bonchev–Trinajstić information content (AvgIpc) is 2.41. The minimum atomic E-state index is -0.935. The fourth-order valence-corrected chi connectivity index (χ4v) is 2.63. The molecule has 1 aromatic carbocycles.